The van der Waals surface area contributed by atoms with E-state index in [0.717, 1.165) is 150 Å². The standard InChI is InChI=1S/C14H16N2.C14H14N2.C13H12N2O.C13H12N2.C13H14N2.C12H12N2O2S.C12H10N2O.C12H12N2O.C12H12N2S/c2*15-13-7-3-11(4-8-13)1-2-12-5-9-14(16)10-6-12;14-11-5-1-9(2-6-11)13(16)10-3-7-12(15)8-4-10;14-10-3-1-8-5-9-2-4-11(15)7-13(9)12(8)6-10;14-12-5-1-10(2-6-12)9-11-3-7-13(15)8-4-11;13-9-1-5-11(6-2-9)17(15,16)12-7-3-10(14)4-8-12;13-7-1-3-11-9(5-7)10-6-8(14)2-4-12(10)15-11;2*13-9-1-5-11(6-2-9)15-12-7-3-10(14)4-8-12/h3-10H,1-2,15-16H2;1-10H,15-16H2;1-8H,14-15H2;1-4,6-7H,5,14-15H2;1-8H,9,14-15H2;1-8H,13-14H2;1-6H,13-14H2;2*1-8H,13-14H2. The monoisotopic (exact) mass is 1890 g/mol. The number of carbonyl (C=O) groups excluding carboxylic acids is 1. The van der Waals surface area contributed by atoms with E-state index in [4.69, 9.17) is 112 Å². The SMILES string of the molecule is Nc1ccc(C(=O)c2ccc(N)cc2)cc1.Nc1ccc(C=Cc2ccc(N)cc2)cc1.Nc1ccc(CCc2ccc(N)cc2)cc1.Nc1ccc(Cc2ccc(N)cc2)cc1.Nc1ccc(Oc2ccc(N)cc2)cc1.Nc1ccc(S(=O)(=O)c2ccc(N)cc2)cc1.Nc1ccc(Sc2ccc(N)cc2)cc1.Nc1ccc2c(c1)-c1cc(N)ccc1C2.Nc1ccc2oc3ccc(N)cc3c2c1. The molecular formula is C115H114N18O5S2. The molecule has 0 bridgehead atoms. The first-order valence-corrected chi connectivity index (χ1v) is 46.6. The third kappa shape index (κ3) is 31.4. The van der Waals surface area contributed by atoms with E-state index in [2.05, 4.69) is 36.4 Å². The molecule has 19 aromatic rings. The summed E-state index contributed by atoms with van der Waals surface area (Å²) in [5, 5.41) is 2.02. The van der Waals surface area contributed by atoms with Gasteiger partial charge in [0.05, 0.1) is 9.79 Å². The normalized spacial score (nSPS) is 10.7. The average molecular weight is 1890 g/mol. The molecule has 1 heterocycles. The van der Waals surface area contributed by atoms with Gasteiger partial charge in [0.2, 0.25) is 9.84 Å². The molecule has 36 N–H and O–H groups in total. The molecule has 23 nitrogen and oxygen atoms in total. The van der Waals surface area contributed by atoms with Crippen molar-refractivity contribution in [3.8, 4) is 22.6 Å². The molecule has 1 aliphatic carbocycles. The molecule has 0 saturated heterocycles. The number of anilines is 18. The third-order valence-electron chi connectivity index (χ3n) is 21.5. The molecule has 0 spiro atoms. The van der Waals surface area contributed by atoms with Gasteiger partial charge in [-0.1, -0.05) is 109 Å². The van der Waals surface area contributed by atoms with Crippen molar-refractivity contribution in [2.75, 3.05) is 103 Å². The quantitative estimate of drug-likeness (QED) is 0.0257. The van der Waals surface area contributed by atoms with E-state index in [-0.39, 0.29) is 15.6 Å². The second kappa shape index (κ2) is 49.1. The van der Waals surface area contributed by atoms with Gasteiger partial charge in [0.15, 0.2) is 5.78 Å². The molecule has 1 aromatic heterocycles. The van der Waals surface area contributed by atoms with Crippen LogP contribution in [0.25, 0.3) is 45.2 Å². The maximum atomic E-state index is 12.2. The molecule has 0 atom stereocenters. The van der Waals surface area contributed by atoms with E-state index in [0.29, 0.717) is 33.9 Å². The summed E-state index contributed by atoms with van der Waals surface area (Å²) < 4.78 is 35.6. The van der Waals surface area contributed by atoms with Crippen LogP contribution < -0.4 is 108 Å². The second-order valence-corrected chi connectivity index (χ2v) is 35.7. The van der Waals surface area contributed by atoms with Crippen molar-refractivity contribution in [1.82, 2.24) is 0 Å². The van der Waals surface area contributed by atoms with Crippen LogP contribution in [0, 0.1) is 0 Å². The number of aryl methyl sites for hydroxylation is 2. The number of ketones is 1. The summed E-state index contributed by atoms with van der Waals surface area (Å²) in [5.74, 6) is 1.49. The lowest BCUT2D eigenvalue weighted by Gasteiger charge is -2.05. The fraction of sp³-hybridized carbons (Fsp3) is 0.0348. The summed E-state index contributed by atoms with van der Waals surface area (Å²) in [6, 6.07) is 127. The number of rotatable bonds is 15. The molecule has 0 radical (unpaired) electrons. The molecule has 0 unspecified atom stereocenters. The number of hydrogen-bond donors (Lipinski definition) is 18. The van der Waals surface area contributed by atoms with Crippen molar-refractivity contribution < 1.29 is 22.4 Å². The van der Waals surface area contributed by atoms with E-state index in [1.165, 1.54) is 78.6 Å². The van der Waals surface area contributed by atoms with Crippen molar-refractivity contribution >= 4 is 164 Å². The third-order valence-corrected chi connectivity index (χ3v) is 24.3. The van der Waals surface area contributed by atoms with Crippen LogP contribution in [0.3, 0.4) is 0 Å². The smallest absolute Gasteiger partial charge is 0.206 e. The lowest BCUT2D eigenvalue weighted by Crippen LogP contribution is -2.02. The number of sulfone groups is 1. The Bertz CT molecular complexity index is 6720. The number of hydrogen-bond acceptors (Lipinski definition) is 24. The summed E-state index contributed by atoms with van der Waals surface area (Å²) in [4.78, 5) is 14.8. The number of nitrogen functional groups attached to an aromatic ring is 18. The van der Waals surface area contributed by atoms with Crippen LogP contribution in [0.15, 0.2) is 437 Å². The van der Waals surface area contributed by atoms with Crippen LogP contribution in [-0.4, -0.2) is 14.2 Å². The van der Waals surface area contributed by atoms with Crippen LogP contribution in [0.4, 0.5) is 102 Å². The highest BCUT2D eigenvalue weighted by Gasteiger charge is 2.20. The largest absolute Gasteiger partial charge is 0.457 e. The van der Waals surface area contributed by atoms with E-state index in [1.54, 1.807) is 109 Å². The topological polar surface area (TPSA) is 542 Å². The zero-order valence-corrected chi connectivity index (χ0v) is 78.6. The van der Waals surface area contributed by atoms with Crippen molar-refractivity contribution in [2.24, 2.45) is 0 Å². The second-order valence-electron chi connectivity index (χ2n) is 32.6. The molecule has 18 aromatic carbocycles. The van der Waals surface area contributed by atoms with Gasteiger partial charge in [0.25, 0.3) is 0 Å². The minimum Gasteiger partial charge on any atom is -0.457 e. The first-order valence-electron chi connectivity index (χ1n) is 44.3. The molecule has 1 aliphatic rings. The number of carbonyl (C=O) groups is 1. The van der Waals surface area contributed by atoms with E-state index >= 15 is 0 Å². The van der Waals surface area contributed by atoms with Crippen LogP contribution in [-0.2, 0) is 35.5 Å². The summed E-state index contributed by atoms with van der Waals surface area (Å²) in [7, 11) is -3.48. The van der Waals surface area contributed by atoms with Gasteiger partial charge < -0.3 is 112 Å². The molecule has 25 heteroatoms. The zero-order chi connectivity index (χ0) is 99.6. The first kappa shape index (κ1) is 101. The number of benzene rings is 18. The Morgan fingerprint density at radius 2 is 0.500 bits per heavy atom. The number of nitrogens with two attached hydrogens (primary N) is 18. The highest BCUT2D eigenvalue weighted by atomic mass is 32.2. The Morgan fingerprint density at radius 1 is 0.264 bits per heavy atom. The highest BCUT2D eigenvalue weighted by Crippen LogP contribution is 2.39. The fourth-order valence-electron chi connectivity index (χ4n) is 13.9. The van der Waals surface area contributed by atoms with Gasteiger partial charge in [-0.3, -0.25) is 4.79 Å². The minimum absolute atomic E-state index is 0.0278. The van der Waals surface area contributed by atoms with Crippen LogP contribution in [0.1, 0.15) is 60.4 Å². The molecule has 20 rings (SSSR count). The van der Waals surface area contributed by atoms with Crippen LogP contribution in [0.5, 0.6) is 11.5 Å². The number of furan rings is 1. The first-order chi connectivity index (χ1) is 67.3. The van der Waals surface area contributed by atoms with Crippen molar-refractivity contribution in [3.05, 3.63) is 468 Å². The van der Waals surface area contributed by atoms with Gasteiger partial charge in [-0.2, -0.15) is 0 Å². The predicted octanol–water partition coefficient (Wildman–Crippen LogP) is 22.7. The average Bonchev–Trinajstić information content (AvgIpc) is 1.66. The summed E-state index contributed by atoms with van der Waals surface area (Å²) in [6.45, 7) is 0. The summed E-state index contributed by atoms with van der Waals surface area (Å²) in [5.41, 5.74) is 130. The van der Waals surface area contributed by atoms with E-state index in [1.807, 2.05) is 267 Å². The molecule has 0 aliphatic heterocycles. The molecular weight excluding hydrogens is 1780 g/mol. The lowest BCUT2D eigenvalue weighted by molar-refractivity contribution is 0.103. The van der Waals surface area contributed by atoms with Crippen molar-refractivity contribution in [2.45, 2.75) is 45.3 Å². The van der Waals surface area contributed by atoms with Gasteiger partial charge in [-0.05, 0) is 409 Å². The Hall–Kier alpha value is -18.3. The lowest BCUT2D eigenvalue weighted by atomic mass is 10.0. The molecule has 140 heavy (non-hydrogen) atoms. The molecule has 706 valence electrons. The van der Waals surface area contributed by atoms with Gasteiger partial charge in [-0.15, -0.1) is 0 Å². The molecule has 0 saturated carbocycles. The van der Waals surface area contributed by atoms with Crippen molar-refractivity contribution in [3.63, 3.8) is 0 Å². The van der Waals surface area contributed by atoms with Gasteiger partial charge >= 0.3 is 0 Å². The summed E-state index contributed by atoms with van der Waals surface area (Å²) in [6.07, 6.45) is 8.07. The van der Waals surface area contributed by atoms with Gasteiger partial charge in [-0.25, -0.2) is 8.42 Å². The number of fused-ring (bicyclic) bond motifs is 6. The molecule has 0 fully saturated rings. The van der Waals surface area contributed by atoms with E-state index in [9.17, 15) is 13.2 Å². The Balaban J connectivity index is 0.000000141. The van der Waals surface area contributed by atoms with E-state index < -0.39 is 9.84 Å². The van der Waals surface area contributed by atoms with Gasteiger partial charge in [0.1, 0.15) is 22.7 Å². The maximum absolute atomic E-state index is 12.2. The molecule has 0 amide bonds. The predicted molar refractivity (Wildman–Crippen MR) is 590 cm³/mol. The Morgan fingerprint density at radius 3 is 0.800 bits per heavy atom. The van der Waals surface area contributed by atoms with Crippen LogP contribution >= 0.6 is 11.8 Å². The zero-order valence-electron chi connectivity index (χ0n) is 77.0. The summed E-state index contributed by atoms with van der Waals surface area (Å²) >= 11 is 1.69. The fourth-order valence-corrected chi connectivity index (χ4v) is 15.9. The Labute approximate surface area is 820 Å². The van der Waals surface area contributed by atoms with Gasteiger partial charge in [0, 0.05) is 134 Å². The Kier molecular flexibility index (Phi) is 35.3. The van der Waals surface area contributed by atoms with Crippen molar-refractivity contribution in [1.29, 1.82) is 0 Å². The number of ether oxygens (including phenoxy) is 1. The van der Waals surface area contributed by atoms with Crippen LogP contribution in [0.2, 0.25) is 0 Å². The maximum Gasteiger partial charge on any atom is 0.206 e. The minimum atomic E-state index is -3.48. The highest BCUT2D eigenvalue weighted by molar-refractivity contribution is 7.99.